The van der Waals surface area contributed by atoms with Gasteiger partial charge in [-0.2, -0.15) is 0 Å². The predicted octanol–water partition coefficient (Wildman–Crippen LogP) is 2.05. The minimum absolute atomic E-state index is 0.0736. The molecular formula is C15H21NO4S. The molecule has 0 spiro atoms. The number of amides is 1. The van der Waals surface area contributed by atoms with E-state index in [1.165, 1.54) is 0 Å². The van der Waals surface area contributed by atoms with E-state index in [0.29, 0.717) is 19.4 Å². The lowest BCUT2D eigenvalue weighted by Gasteiger charge is -2.36. The van der Waals surface area contributed by atoms with Gasteiger partial charge in [-0.05, 0) is 18.6 Å². The summed E-state index contributed by atoms with van der Waals surface area (Å²) in [6, 6.07) is 5.62. The zero-order valence-electron chi connectivity index (χ0n) is 12.4. The minimum atomic E-state index is -0.135. The molecule has 1 amide bonds. The summed E-state index contributed by atoms with van der Waals surface area (Å²) in [7, 11) is 3.23. The van der Waals surface area contributed by atoms with Gasteiger partial charge >= 0.3 is 0 Å². The summed E-state index contributed by atoms with van der Waals surface area (Å²) >= 11 is 1.70. The lowest BCUT2D eigenvalue weighted by atomic mass is 10.1. The first-order valence-corrected chi connectivity index (χ1v) is 8.00. The van der Waals surface area contributed by atoms with Gasteiger partial charge in [0.05, 0.1) is 19.8 Å². The molecule has 1 aliphatic rings. The van der Waals surface area contributed by atoms with Crippen molar-refractivity contribution in [3.05, 3.63) is 23.8 Å². The molecule has 1 aromatic rings. The van der Waals surface area contributed by atoms with Gasteiger partial charge in [0.15, 0.2) is 0 Å². The highest BCUT2D eigenvalue weighted by Gasteiger charge is 2.33. The van der Waals surface area contributed by atoms with Crippen molar-refractivity contribution in [1.29, 1.82) is 0 Å². The van der Waals surface area contributed by atoms with E-state index >= 15 is 0 Å². The maximum atomic E-state index is 12.2. The molecule has 1 saturated heterocycles. The monoisotopic (exact) mass is 311 g/mol. The van der Waals surface area contributed by atoms with E-state index in [1.54, 1.807) is 26.0 Å². The van der Waals surface area contributed by atoms with Gasteiger partial charge in [0.25, 0.3) is 0 Å². The van der Waals surface area contributed by atoms with Crippen molar-refractivity contribution in [2.45, 2.75) is 18.2 Å². The molecular weight excluding hydrogens is 290 g/mol. The van der Waals surface area contributed by atoms with Crippen LogP contribution in [0.2, 0.25) is 0 Å². The van der Waals surface area contributed by atoms with Crippen LogP contribution in [0, 0.1) is 0 Å². The molecule has 1 aromatic carbocycles. The Morgan fingerprint density at radius 3 is 2.57 bits per heavy atom. The summed E-state index contributed by atoms with van der Waals surface area (Å²) in [6.07, 6.45) is 1.10. The molecule has 0 radical (unpaired) electrons. The Balaban J connectivity index is 2.39. The summed E-state index contributed by atoms with van der Waals surface area (Å²) in [6.45, 7) is 0.610. The molecule has 0 aliphatic carbocycles. The van der Waals surface area contributed by atoms with Gasteiger partial charge in [0, 0.05) is 25.3 Å². The molecule has 6 heteroatoms. The molecule has 0 aromatic heterocycles. The standard InChI is InChI=1S/C15H21NO4S/c1-19-11-5-3-6-12(20-2)14(11)15-16(8-4-9-17)13(18)7-10-21-15/h3,5-6,15,17H,4,7-10H2,1-2H3. The lowest BCUT2D eigenvalue weighted by molar-refractivity contribution is -0.132. The predicted molar refractivity (Wildman–Crippen MR) is 82.8 cm³/mol. The van der Waals surface area contributed by atoms with Crippen LogP contribution in [-0.2, 0) is 4.79 Å². The fourth-order valence-electron chi connectivity index (χ4n) is 2.47. The zero-order chi connectivity index (χ0) is 15.2. The summed E-state index contributed by atoms with van der Waals surface area (Å²) in [5, 5.41) is 8.91. The Labute approximate surface area is 129 Å². The molecule has 1 fully saturated rings. The van der Waals surface area contributed by atoms with Gasteiger partial charge in [-0.3, -0.25) is 4.79 Å². The number of aliphatic hydroxyl groups is 1. The molecule has 2 rings (SSSR count). The summed E-state index contributed by atoms with van der Waals surface area (Å²) < 4.78 is 10.9. The van der Waals surface area contributed by atoms with Gasteiger partial charge < -0.3 is 19.5 Å². The van der Waals surface area contributed by atoms with Crippen molar-refractivity contribution >= 4 is 17.7 Å². The second-order valence-corrected chi connectivity index (χ2v) is 5.90. The largest absolute Gasteiger partial charge is 0.496 e. The van der Waals surface area contributed by atoms with Crippen LogP contribution in [-0.4, -0.2) is 49.0 Å². The first-order chi connectivity index (χ1) is 10.2. The first-order valence-electron chi connectivity index (χ1n) is 6.95. The number of methoxy groups -OCH3 is 2. The SMILES string of the molecule is COc1cccc(OC)c1C1SCCC(=O)N1CCCO. The maximum absolute atomic E-state index is 12.2. The molecule has 21 heavy (non-hydrogen) atoms. The quantitative estimate of drug-likeness (QED) is 0.871. The smallest absolute Gasteiger partial charge is 0.224 e. The molecule has 1 aliphatic heterocycles. The Kier molecular flexibility index (Phi) is 5.76. The average Bonchev–Trinajstić information content (AvgIpc) is 2.52. The molecule has 116 valence electrons. The lowest BCUT2D eigenvalue weighted by Crippen LogP contribution is -2.38. The molecule has 1 unspecified atom stereocenters. The normalized spacial score (nSPS) is 18.7. The van der Waals surface area contributed by atoms with E-state index in [9.17, 15) is 4.79 Å². The van der Waals surface area contributed by atoms with Gasteiger partial charge in [0.1, 0.15) is 16.9 Å². The van der Waals surface area contributed by atoms with E-state index in [2.05, 4.69) is 0 Å². The molecule has 1 heterocycles. The van der Waals surface area contributed by atoms with Gasteiger partial charge in [-0.15, -0.1) is 11.8 Å². The highest BCUT2D eigenvalue weighted by molar-refractivity contribution is 7.99. The second kappa shape index (κ2) is 7.56. The molecule has 5 nitrogen and oxygen atoms in total. The van der Waals surface area contributed by atoms with Gasteiger partial charge in [-0.25, -0.2) is 0 Å². The number of aliphatic hydroxyl groups excluding tert-OH is 1. The molecule has 0 saturated carbocycles. The van der Waals surface area contributed by atoms with Crippen LogP contribution in [0.25, 0.3) is 0 Å². The summed E-state index contributed by atoms with van der Waals surface area (Å²) in [5.74, 6) is 2.33. The third kappa shape index (κ3) is 3.44. The van der Waals surface area contributed by atoms with Crippen LogP contribution in [0.15, 0.2) is 18.2 Å². The molecule has 0 bridgehead atoms. The number of rotatable bonds is 6. The van der Waals surface area contributed by atoms with E-state index in [4.69, 9.17) is 14.6 Å². The van der Waals surface area contributed by atoms with Crippen molar-refractivity contribution in [3.8, 4) is 11.5 Å². The van der Waals surface area contributed by atoms with Crippen molar-refractivity contribution in [3.63, 3.8) is 0 Å². The average molecular weight is 311 g/mol. The van der Waals surface area contributed by atoms with Crippen LogP contribution in [0.4, 0.5) is 0 Å². The fraction of sp³-hybridized carbons (Fsp3) is 0.533. The summed E-state index contributed by atoms with van der Waals surface area (Å²) in [4.78, 5) is 14.0. The number of carbonyl (C=O) groups is 1. The number of nitrogens with zero attached hydrogens (tertiary/aromatic N) is 1. The molecule has 1 atom stereocenters. The highest BCUT2D eigenvalue weighted by atomic mass is 32.2. The number of hydrogen-bond donors (Lipinski definition) is 1. The number of benzene rings is 1. The fourth-order valence-corrected chi connectivity index (χ4v) is 3.79. The van der Waals surface area contributed by atoms with E-state index < -0.39 is 0 Å². The van der Waals surface area contributed by atoms with Crippen molar-refractivity contribution < 1.29 is 19.4 Å². The van der Waals surface area contributed by atoms with Crippen LogP contribution in [0.5, 0.6) is 11.5 Å². The van der Waals surface area contributed by atoms with Crippen LogP contribution < -0.4 is 9.47 Å². The molecule has 1 N–H and O–H groups in total. The van der Waals surface area contributed by atoms with Gasteiger partial charge in [-0.1, -0.05) is 6.07 Å². The Morgan fingerprint density at radius 2 is 2.00 bits per heavy atom. The Morgan fingerprint density at radius 1 is 1.33 bits per heavy atom. The number of thioether (sulfide) groups is 1. The van der Waals surface area contributed by atoms with E-state index in [0.717, 1.165) is 22.8 Å². The van der Waals surface area contributed by atoms with Crippen LogP contribution in [0.1, 0.15) is 23.8 Å². The van der Waals surface area contributed by atoms with Crippen molar-refractivity contribution in [2.75, 3.05) is 33.1 Å². The van der Waals surface area contributed by atoms with Crippen molar-refractivity contribution in [2.24, 2.45) is 0 Å². The van der Waals surface area contributed by atoms with Crippen LogP contribution in [0.3, 0.4) is 0 Å². The van der Waals surface area contributed by atoms with Crippen molar-refractivity contribution in [1.82, 2.24) is 4.90 Å². The Bertz CT molecular complexity index is 472. The Hall–Kier alpha value is -1.40. The second-order valence-electron chi connectivity index (χ2n) is 4.71. The third-order valence-electron chi connectivity index (χ3n) is 3.47. The van der Waals surface area contributed by atoms with Crippen LogP contribution >= 0.6 is 11.8 Å². The number of ether oxygens (including phenoxy) is 2. The maximum Gasteiger partial charge on any atom is 0.224 e. The minimum Gasteiger partial charge on any atom is -0.496 e. The highest BCUT2D eigenvalue weighted by Crippen LogP contribution is 2.45. The van der Waals surface area contributed by atoms with Gasteiger partial charge in [0.2, 0.25) is 5.91 Å². The van der Waals surface area contributed by atoms with E-state index in [-0.39, 0.29) is 17.9 Å². The zero-order valence-corrected chi connectivity index (χ0v) is 13.2. The topological polar surface area (TPSA) is 59.0 Å². The third-order valence-corrected chi connectivity index (χ3v) is 4.71. The number of carbonyl (C=O) groups excluding carboxylic acids is 1. The first kappa shape index (κ1) is 16.0. The summed E-state index contributed by atoms with van der Waals surface area (Å²) in [5.41, 5.74) is 0.887. The van der Waals surface area contributed by atoms with E-state index in [1.807, 2.05) is 23.1 Å². The number of hydrogen-bond acceptors (Lipinski definition) is 5.